The Labute approximate surface area is 215 Å². The lowest BCUT2D eigenvalue weighted by molar-refractivity contribution is -0.384. The van der Waals surface area contributed by atoms with E-state index >= 15 is 0 Å². The van der Waals surface area contributed by atoms with Crippen molar-refractivity contribution in [3.8, 4) is 17.2 Å². The number of benzene rings is 3. The third kappa shape index (κ3) is 5.20. The minimum Gasteiger partial charge on any atom is -0.507 e. The predicted octanol–water partition coefficient (Wildman–Crippen LogP) is 4.07. The van der Waals surface area contributed by atoms with Crippen LogP contribution in [0.15, 0.2) is 65.1 Å². The highest BCUT2D eigenvalue weighted by molar-refractivity contribution is 7.80. The monoisotopic (exact) mass is 519 g/mol. The molecule has 0 unspecified atom stereocenters. The van der Waals surface area contributed by atoms with Gasteiger partial charge in [0.2, 0.25) is 5.89 Å². The van der Waals surface area contributed by atoms with Crippen LogP contribution in [0.25, 0.3) is 22.6 Å². The number of nitro groups is 1. The number of para-hydroxylation sites is 2. The van der Waals surface area contributed by atoms with Crippen LogP contribution in [0, 0.1) is 10.1 Å². The third-order valence-electron chi connectivity index (χ3n) is 5.79. The number of non-ortho nitro benzene ring substituents is 1. The highest BCUT2D eigenvalue weighted by atomic mass is 32.1. The lowest BCUT2D eigenvalue weighted by atomic mass is 10.1. The Bertz CT molecular complexity index is 1480. The number of phenols is 1. The molecule has 5 rings (SSSR count). The number of aromatic hydroxyl groups is 1. The van der Waals surface area contributed by atoms with Gasteiger partial charge in [0.15, 0.2) is 10.7 Å². The summed E-state index contributed by atoms with van der Waals surface area (Å²) >= 11 is 5.33. The Balaban J connectivity index is 1.36. The van der Waals surface area contributed by atoms with E-state index in [2.05, 4.69) is 15.6 Å². The Hall–Kier alpha value is -4.55. The zero-order valence-electron chi connectivity index (χ0n) is 19.3. The summed E-state index contributed by atoms with van der Waals surface area (Å²) in [4.78, 5) is 30.3. The lowest BCUT2D eigenvalue weighted by Crippen LogP contribution is -2.39. The van der Waals surface area contributed by atoms with Crippen LogP contribution < -0.4 is 15.5 Å². The van der Waals surface area contributed by atoms with Crippen LogP contribution in [0.4, 0.5) is 17.1 Å². The van der Waals surface area contributed by atoms with Crippen LogP contribution in [0.1, 0.15) is 10.4 Å². The van der Waals surface area contributed by atoms with Gasteiger partial charge < -0.3 is 24.5 Å². The van der Waals surface area contributed by atoms with Gasteiger partial charge in [-0.2, -0.15) is 0 Å². The minimum absolute atomic E-state index is 0.0290. The van der Waals surface area contributed by atoms with Crippen LogP contribution in [0.3, 0.4) is 0 Å². The molecule has 12 heteroatoms. The summed E-state index contributed by atoms with van der Waals surface area (Å²) in [5.74, 6) is -0.413. The molecule has 0 saturated carbocycles. The number of morpholine rings is 1. The molecule has 1 aliphatic rings. The van der Waals surface area contributed by atoms with Gasteiger partial charge in [-0.05, 0) is 48.6 Å². The maximum Gasteiger partial charge on any atom is 0.270 e. The molecule has 0 spiro atoms. The molecule has 0 radical (unpaired) electrons. The molecule has 3 N–H and O–H groups in total. The van der Waals surface area contributed by atoms with Crippen molar-refractivity contribution >= 4 is 51.4 Å². The number of oxazole rings is 1. The fourth-order valence-electron chi connectivity index (χ4n) is 4.00. The van der Waals surface area contributed by atoms with E-state index in [1.54, 1.807) is 30.3 Å². The number of carbonyl (C=O) groups excluding carboxylic acids is 1. The molecule has 1 amide bonds. The number of hydrogen-bond donors (Lipinski definition) is 3. The van der Waals surface area contributed by atoms with Crippen molar-refractivity contribution in [2.24, 2.45) is 0 Å². The largest absolute Gasteiger partial charge is 0.507 e. The quantitative estimate of drug-likeness (QED) is 0.153. The fraction of sp³-hybridized carbons (Fsp3) is 0.160. The average molecular weight is 520 g/mol. The molecule has 4 aromatic rings. The molecule has 3 aromatic carbocycles. The van der Waals surface area contributed by atoms with Gasteiger partial charge in [0.25, 0.3) is 11.6 Å². The van der Waals surface area contributed by atoms with Crippen LogP contribution in [0.2, 0.25) is 0 Å². The van der Waals surface area contributed by atoms with E-state index < -0.39 is 10.8 Å². The standard InChI is InChI=1S/C25H21N5O6S/c31-21-8-5-15(13-18(21)24-27-19-3-1-2-4-22(19)36-24)26-25(37)28-23(32)17-14-16(30(33)34)6-7-20(17)29-9-11-35-12-10-29/h1-8,13-14,31H,9-12H2,(H2,26,28,32,37). The number of amides is 1. The molecule has 1 aromatic heterocycles. The van der Waals surface area contributed by atoms with Crippen molar-refractivity contribution in [2.45, 2.75) is 0 Å². The van der Waals surface area contributed by atoms with Gasteiger partial charge in [0.1, 0.15) is 11.3 Å². The summed E-state index contributed by atoms with van der Waals surface area (Å²) < 4.78 is 11.1. The first-order valence-electron chi connectivity index (χ1n) is 11.3. The molecular weight excluding hydrogens is 498 g/mol. The van der Waals surface area contributed by atoms with Crippen molar-refractivity contribution < 1.29 is 24.0 Å². The minimum atomic E-state index is -0.597. The summed E-state index contributed by atoms with van der Waals surface area (Å²) in [7, 11) is 0. The summed E-state index contributed by atoms with van der Waals surface area (Å²) in [6.07, 6.45) is 0. The number of nitro benzene ring substituents is 1. The second-order valence-electron chi connectivity index (χ2n) is 8.18. The van der Waals surface area contributed by atoms with E-state index in [0.29, 0.717) is 54.3 Å². The van der Waals surface area contributed by atoms with Crippen LogP contribution >= 0.6 is 12.2 Å². The van der Waals surface area contributed by atoms with Gasteiger partial charge in [-0.1, -0.05) is 12.1 Å². The van der Waals surface area contributed by atoms with E-state index in [0.717, 1.165) is 0 Å². The van der Waals surface area contributed by atoms with Crippen molar-refractivity contribution in [1.29, 1.82) is 0 Å². The summed E-state index contributed by atoms with van der Waals surface area (Å²) in [5, 5.41) is 27.2. The highest BCUT2D eigenvalue weighted by Gasteiger charge is 2.23. The summed E-state index contributed by atoms with van der Waals surface area (Å²) in [6, 6.07) is 16.0. The zero-order valence-corrected chi connectivity index (χ0v) is 20.2. The second kappa shape index (κ2) is 10.2. The van der Waals surface area contributed by atoms with Gasteiger partial charge >= 0.3 is 0 Å². The Morgan fingerprint density at radius 1 is 1.11 bits per heavy atom. The van der Waals surface area contributed by atoms with E-state index in [4.69, 9.17) is 21.4 Å². The lowest BCUT2D eigenvalue weighted by Gasteiger charge is -2.30. The number of rotatable bonds is 5. The fourth-order valence-corrected chi connectivity index (χ4v) is 4.22. The van der Waals surface area contributed by atoms with Gasteiger partial charge in [0.05, 0.1) is 35.0 Å². The van der Waals surface area contributed by atoms with E-state index in [1.165, 1.54) is 18.2 Å². The second-order valence-corrected chi connectivity index (χ2v) is 8.59. The van der Waals surface area contributed by atoms with Gasteiger partial charge in [-0.25, -0.2) is 4.98 Å². The molecule has 1 saturated heterocycles. The topological polar surface area (TPSA) is 143 Å². The molecule has 0 aliphatic carbocycles. The third-order valence-corrected chi connectivity index (χ3v) is 6.00. The molecule has 1 fully saturated rings. The normalized spacial score (nSPS) is 13.4. The Kier molecular flexibility index (Phi) is 6.66. The number of ether oxygens (including phenoxy) is 1. The number of fused-ring (bicyclic) bond motifs is 1. The molecule has 0 atom stereocenters. The van der Waals surface area contributed by atoms with E-state index in [9.17, 15) is 20.0 Å². The number of phenolic OH excluding ortho intramolecular Hbond substituents is 1. The van der Waals surface area contributed by atoms with Crippen molar-refractivity contribution in [2.75, 3.05) is 36.5 Å². The molecule has 37 heavy (non-hydrogen) atoms. The van der Waals surface area contributed by atoms with Gasteiger partial charge in [-0.3, -0.25) is 20.2 Å². The first kappa shape index (κ1) is 24.2. The molecule has 1 aliphatic heterocycles. The first-order valence-corrected chi connectivity index (χ1v) is 11.7. The molecular formula is C25H21N5O6S. The predicted molar refractivity (Wildman–Crippen MR) is 141 cm³/mol. The van der Waals surface area contributed by atoms with E-state index in [1.807, 2.05) is 17.0 Å². The average Bonchev–Trinajstić information content (AvgIpc) is 3.34. The van der Waals surface area contributed by atoms with Gasteiger partial charge in [-0.15, -0.1) is 0 Å². The molecule has 11 nitrogen and oxygen atoms in total. The van der Waals surface area contributed by atoms with Crippen molar-refractivity contribution in [3.63, 3.8) is 0 Å². The van der Waals surface area contributed by atoms with Gasteiger partial charge in [0, 0.05) is 30.9 Å². The van der Waals surface area contributed by atoms with Crippen LogP contribution in [-0.2, 0) is 4.74 Å². The van der Waals surface area contributed by atoms with Crippen LogP contribution in [0.5, 0.6) is 5.75 Å². The molecule has 2 heterocycles. The smallest absolute Gasteiger partial charge is 0.270 e. The number of hydrogen-bond acceptors (Lipinski definition) is 9. The number of aromatic nitrogens is 1. The van der Waals surface area contributed by atoms with Crippen molar-refractivity contribution in [3.05, 3.63) is 76.3 Å². The Morgan fingerprint density at radius 2 is 1.89 bits per heavy atom. The van der Waals surface area contributed by atoms with Crippen molar-refractivity contribution in [1.82, 2.24) is 10.3 Å². The molecule has 188 valence electrons. The highest BCUT2D eigenvalue weighted by Crippen LogP contribution is 2.33. The van der Waals surface area contributed by atoms with Crippen LogP contribution in [-0.4, -0.2) is 52.3 Å². The number of nitrogens with one attached hydrogen (secondary N) is 2. The Morgan fingerprint density at radius 3 is 2.65 bits per heavy atom. The number of anilines is 2. The summed E-state index contributed by atoms with van der Waals surface area (Å²) in [6.45, 7) is 2.07. The summed E-state index contributed by atoms with van der Waals surface area (Å²) in [5.41, 5.74) is 2.49. The number of thiocarbonyl (C=S) groups is 1. The number of carbonyl (C=O) groups is 1. The first-order chi connectivity index (χ1) is 17.9. The molecule has 0 bridgehead atoms. The van der Waals surface area contributed by atoms with E-state index in [-0.39, 0.29) is 28.0 Å². The zero-order chi connectivity index (χ0) is 25.9. The SMILES string of the molecule is O=C(NC(=S)Nc1ccc(O)c(-c2nc3ccccc3o2)c1)c1cc([N+](=O)[O-])ccc1N1CCOCC1. The maximum atomic E-state index is 13.1. The maximum absolute atomic E-state index is 13.1. The number of nitrogens with zero attached hydrogens (tertiary/aromatic N) is 3.